The standard InChI is InChI=1S/C12H18N4O3/c1-13-11-5-10(16(18)19)6-12(14-11)15-4-2-3-9(7-15)8-17/h5-6,9,17H,2-4,7-8H2,1H3,(H,13,14). The third-order valence-corrected chi connectivity index (χ3v) is 3.36. The molecule has 19 heavy (non-hydrogen) atoms. The highest BCUT2D eigenvalue weighted by Crippen LogP contribution is 2.26. The molecule has 1 aliphatic heterocycles. The fourth-order valence-electron chi connectivity index (χ4n) is 2.32. The molecule has 1 aliphatic rings. The van der Waals surface area contributed by atoms with E-state index in [2.05, 4.69) is 10.3 Å². The average Bonchev–Trinajstić information content (AvgIpc) is 2.46. The lowest BCUT2D eigenvalue weighted by atomic mass is 9.99. The number of hydrogen-bond donors (Lipinski definition) is 2. The molecule has 1 fully saturated rings. The van der Waals surface area contributed by atoms with E-state index in [1.165, 1.54) is 12.1 Å². The first-order valence-corrected chi connectivity index (χ1v) is 6.34. The molecule has 1 aromatic heterocycles. The molecule has 104 valence electrons. The van der Waals surface area contributed by atoms with Gasteiger partial charge in [-0.1, -0.05) is 0 Å². The minimum atomic E-state index is -0.417. The number of aliphatic hydroxyl groups excluding tert-OH is 1. The number of nitro groups is 1. The predicted octanol–water partition coefficient (Wildman–Crippen LogP) is 1.24. The molecule has 1 aromatic rings. The van der Waals surface area contributed by atoms with Crippen LogP contribution in [0.25, 0.3) is 0 Å². The SMILES string of the molecule is CNc1cc([N+](=O)[O-])cc(N2CCCC(CO)C2)n1. The summed E-state index contributed by atoms with van der Waals surface area (Å²) in [6.07, 6.45) is 1.95. The Balaban J connectivity index is 2.27. The first-order chi connectivity index (χ1) is 9.13. The molecule has 0 bridgehead atoms. The zero-order valence-corrected chi connectivity index (χ0v) is 10.9. The highest BCUT2D eigenvalue weighted by molar-refractivity contribution is 5.55. The van der Waals surface area contributed by atoms with Crippen molar-refractivity contribution < 1.29 is 10.0 Å². The van der Waals surface area contributed by atoms with Crippen LogP contribution in [0, 0.1) is 16.0 Å². The first kappa shape index (κ1) is 13.5. The summed E-state index contributed by atoms with van der Waals surface area (Å²) in [5.41, 5.74) is 0.0282. The van der Waals surface area contributed by atoms with Crippen LogP contribution in [0.2, 0.25) is 0 Å². The fourth-order valence-corrected chi connectivity index (χ4v) is 2.32. The van der Waals surface area contributed by atoms with Crippen molar-refractivity contribution in [1.29, 1.82) is 0 Å². The summed E-state index contributed by atoms with van der Waals surface area (Å²) in [6.45, 7) is 1.64. The van der Waals surface area contributed by atoms with E-state index in [0.29, 0.717) is 18.2 Å². The zero-order valence-electron chi connectivity index (χ0n) is 10.9. The lowest BCUT2D eigenvalue weighted by molar-refractivity contribution is -0.384. The van der Waals surface area contributed by atoms with Crippen LogP contribution in [0.15, 0.2) is 12.1 Å². The smallest absolute Gasteiger partial charge is 0.276 e. The van der Waals surface area contributed by atoms with Crippen LogP contribution >= 0.6 is 0 Å². The van der Waals surface area contributed by atoms with Crippen molar-refractivity contribution >= 4 is 17.3 Å². The minimum absolute atomic E-state index is 0.0282. The Morgan fingerprint density at radius 2 is 2.42 bits per heavy atom. The second-order valence-corrected chi connectivity index (χ2v) is 4.71. The Morgan fingerprint density at radius 3 is 3.05 bits per heavy atom. The van der Waals surface area contributed by atoms with Gasteiger partial charge in [0.15, 0.2) is 0 Å². The molecule has 0 spiro atoms. The zero-order chi connectivity index (χ0) is 13.8. The molecule has 2 N–H and O–H groups in total. The van der Waals surface area contributed by atoms with Gasteiger partial charge in [-0.2, -0.15) is 0 Å². The minimum Gasteiger partial charge on any atom is -0.396 e. The molecule has 1 saturated heterocycles. The number of nitrogens with zero attached hydrogens (tertiary/aromatic N) is 3. The summed E-state index contributed by atoms with van der Waals surface area (Å²) in [7, 11) is 1.68. The van der Waals surface area contributed by atoms with Crippen molar-refractivity contribution in [3.63, 3.8) is 0 Å². The van der Waals surface area contributed by atoms with Gasteiger partial charge in [0.05, 0.1) is 17.1 Å². The van der Waals surface area contributed by atoms with Crippen LogP contribution in [0.3, 0.4) is 0 Å². The number of aliphatic hydroxyl groups is 1. The van der Waals surface area contributed by atoms with E-state index >= 15 is 0 Å². The van der Waals surface area contributed by atoms with Crippen LogP contribution in [0.4, 0.5) is 17.3 Å². The highest BCUT2D eigenvalue weighted by atomic mass is 16.6. The van der Waals surface area contributed by atoms with Crippen LogP contribution in [0.1, 0.15) is 12.8 Å². The van der Waals surface area contributed by atoms with Crippen LogP contribution in [0.5, 0.6) is 0 Å². The first-order valence-electron chi connectivity index (χ1n) is 6.34. The summed E-state index contributed by atoms with van der Waals surface area (Å²) in [6, 6.07) is 2.90. The fraction of sp³-hybridized carbons (Fsp3) is 0.583. The normalized spacial score (nSPS) is 19.3. The maximum atomic E-state index is 10.9. The van der Waals surface area contributed by atoms with Crippen molar-refractivity contribution in [2.75, 3.05) is 37.0 Å². The van der Waals surface area contributed by atoms with Gasteiger partial charge in [-0.05, 0) is 18.8 Å². The van der Waals surface area contributed by atoms with E-state index in [9.17, 15) is 15.2 Å². The van der Waals surface area contributed by atoms with E-state index < -0.39 is 4.92 Å². The maximum Gasteiger partial charge on any atom is 0.276 e. The number of hydrogen-bond acceptors (Lipinski definition) is 6. The molecule has 0 aromatic carbocycles. The molecule has 1 atom stereocenters. The number of nitrogens with one attached hydrogen (secondary N) is 1. The van der Waals surface area contributed by atoms with Crippen LogP contribution in [-0.2, 0) is 0 Å². The molecule has 7 heteroatoms. The summed E-state index contributed by atoms with van der Waals surface area (Å²) >= 11 is 0. The van der Waals surface area contributed by atoms with Crippen molar-refractivity contribution in [1.82, 2.24) is 4.98 Å². The van der Waals surface area contributed by atoms with Gasteiger partial charge in [-0.3, -0.25) is 10.1 Å². The molecule has 0 aliphatic carbocycles. The molecular weight excluding hydrogens is 248 g/mol. The molecule has 0 amide bonds. The van der Waals surface area contributed by atoms with Gasteiger partial charge < -0.3 is 15.3 Å². The van der Waals surface area contributed by atoms with Gasteiger partial charge in [-0.15, -0.1) is 0 Å². The van der Waals surface area contributed by atoms with Crippen LogP contribution in [-0.4, -0.2) is 41.8 Å². The maximum absolute atomic E-state index is 10.9. The summed E-state index contributed by atoms with van der Waals surface area (Å²) in [5, 5.41) is 23.0. The van der Waals surface area contributed by atoms with Gasteiger partial charge >= 0.3 is 0 Å². The third kappa shape index (κ3) is 3.11. The molecule has 0 saturated carbocycles. The number of rotatable bonds is 4. The summed E-state index contributed by atoms with van der Waals surface area (Å²) in [5.74, 6) is 1.29. The molecule has 0 radical (unpaired) electrons. The number of piperidine rings is 1. The molecule has 1 unspecified atom stereocenters. The van der Waals surface area contributed by atoms with E-state index in [4.69, 9.17) is 0 Å². The Kier molecular flexibility index (Phi) is 4.16. The van der Waals surface area contributed by atoms with Crippen molar-refractivity contribution in [3.05, 3.63) is 22.2 Å². The van der Waals surface area contributed by atoms with Gasteiger partial charge in [0.1, 0.15) is 11.6 Å². The largest absolute Gasteiger partial charge is 0.396 e. The number of anilines is 2. The van der Waals surface area contributed by atoms with Gasteiger partial charge in [0.25, 0.3) is 5.69 Å². The number of pyridine rings is 1. The predicted molar refractivity (Wildman–Crippen MR) is 72.5 cm³/mol. The Morgan fingerprint density at radius 1 is 1.63 bits per heavy atom. The molecule has 7 nitrogen and oxygen atoms in total. The molecular formula is C12H18N4O3. The van der Waals surface area contributed by atoms with Crippen molar-refractivity contribution in [2.24, 2.45) is 5.92 Å². The lowest BCUT2D eigenvalue weighted by Crippen LogP contribution is -2.37. The Bertz CT molecular complexity index is 466. The summed E-state index contributed by atoms with van der Waals surface area (Å²) < 4.78 is 0. The second-order valence-electron chi connectivity index (χ2n) is 4.71. The van der Waals surface area contributed by atoms with Gasteiger partial charge in [0, 0.05) is 26.7 Å². The number of aromatic nitrogens is 1. The summed E-state index contributed by atoms with van der Waals surface area (Å²) in [4.78, 5) is 16.9. The Labute approximate surface area is 111 Å². The second kappa shape index (κ2) is 5.83. The van der Waals surface area contributed by atoms with E-state index in [0.717, 1.165) is 19.4 Å². The van der Waals surface area contributed by atoms with Gasteiger partial charge in [0.2, 0.25) is 0 Å². The third-order valence-electron chi connectivity index (χ3n) is 3.36. The molecule has 2 heterocycles. The van der Waals surface area contributed by atoms with Crippen molar-refractivity contribution in [3.8, 4) is 0 Å². The topological polar surface area (TPSA) is 91.5 Å². The average molecular weight is 266 g/mol. The highest BCUT2D eigenvalue weighted by Gasteiger charge is 2.22. The van der Waals surface area contributed by atoms with E-state index in [1.807, 2.05) is 4.90 Å². The Hall–Kier alpha value is -1.89. The lowest BCUT2D eigenvalue weighted by Gasteiger charge is -2.32. The van der Waals surface area contributed by atoms with E-state index in [1.54, 1.807) is 7.05 Å². The van der Waals surface area contributed by atoms with Gasteiger partial charge in [-0.25, -0.2) is 4.98 Å². The quantitative estimate of drug-likeness (QED) is 0.629. The molecule has 2 rings (SSSR count). The monoisotopic (exact) mass is 266 g/mol. The van der Waals surface area contributed by atoms with Crippen LogP contribution < -0.4 is 10.2 Å². The van der Waals surface area contributed by atoms with E-state index in [-0.39, 0.29) is 18.2 Å². The van der Waals surface area contributed by atoms with Crippen molar-refractivity contribution in [2.45, 2.75) is 12.8 Å².